The number of nitro groups is 1. The van der Waals surface area contributed by atoms with Gasteiger partial charge in [0.05, 0.1) is 4.92 Å². The number of hydrogen-bond donors (Lipinski definition) is 0. The van der Waals surface area contributed by atoms with Crippen LogP contribution in [0.1, 0.15) is 11.1 Å². The molecule has 0 bridgehead atoms. The Labute approximate surface area is 116 Å². The summed E-state index contributed by atoms with van der Waals surface area (Å²) < 4.78 is 6.54. The van der Waals surface area contributed by atoms with Crippen molar-refractivity contribution >= 4 is 32.3 Å². The molecule has 0 spiro atoms. The molecule has 94 valence electrons. The zero-order valence-electron chi connectivity index (χ0n) is 9.64. The summed E-state index contributed by atoms with van der Waals surface area (Å²) in [5, 5.41) is 10.8. The van der Waals surface area contributed by atoms with Crippen LogP contribution < -0.4 is 4.74 Å². The molecule has 0 aliphatic heterocycles. The van der Waals surface area contributed by atoms with E-state index in [1.54, 1.807) is 0 Å². The Hall–Kier alpha value is -1.47. The Morgan fingerprint density at radius 1 is 1.39 bits per heavy atom. The van der Waals surface area contributed by atoms with Crippen LogP contribution in [0.4, 0.5) is 5.00 Å². The average molecular weight is 329 g/mol. The molecule has 2 aromatic rings. The summed E-state index contributed by atoms with van der Waals surface area (Å²) >= 11 is 4.37. The molecule has 0 aliphatic rings. The lowest BCUT2D eigenvalue weighted by molar-refractivity contribution is -0.380. The van der Waals surface area contributed by atoms with E-state index in [0.29, 0.717) is 5.75 Å². The number of rotatable bonds is 3. The van der Waals surface area contributed by atoms with E-state index in [1.807, 2.05) is 26.0 Å². The highest BCUT2D eigenvalue weighted by Gasteiger charge is 2.13. The van der Waals surface area contributed by atoms with Crippen LogP contribution >= 0.6 is 27.3 Å². The molecule has 0 aliphatic carbocycles. The Morgan fingerprint density at radius 2 is 2.00 bits per heavy atom. The van der Waals surface area contributed by atoms with Gasteiger partial charge in [-0.3, -0.25) is 10.1 Å². The van der Waals surface area contributed by atoms with Crippen molar-refractivity contribution in [1.82, 2.24) is 4.98 Å². The molecule has 1 heterocycles. The van der Waals surface area contributed by atoms with E-state index in [4.69, 9.17) is 4.74 Å². The monoisotopic (exact) mass is 328 g/mol. The minimum absolute atomic E-state index is 0.0319. The lowest BCUT2D eigenvalue weighted by Crippen LogP contribution is -1.87. The number of hydrogen-bond acceptors (Lipinski definition) is 5. The maximum absolute atomic E-state index is 10.5. The second kappa shape index (κ2) is 5.03. The van der Waals surface area contributed by atoms with Gasteiger partial charge in [-0.1, -0.05) is 15.9 Å². The summed E-state index contributed by atoms with van der Waals surface area (Å²) in [7, 11) is 0. The van der Waals surface area contributed by atoms with Crippen LogP contribution in [-0.4, -0.2) is 9.91 Å². The van der Waals surface area contributed by atoms with Gasteiger partial charge in [0.25, 0.3) is 5.19 Å². The topological polar surface area (TPSA) is 65.3 Å². The molecule has 0 fully saturated rings. The van der Waals surface area contributed by atoms with Crippen LogP contribution in [-0.2, 0) is 0 Å². The Bertz CT molecular complexity index is 589. The molecule has 5 nitrogen and oxygen atoms in total. The molecule has 18 heavy (non-hydrogen) atoms. The van der Waals surface area contributed by atoms with Crippen LogP contribution in [0.2, 0.25) is 0 Å². The summed E-state index contributed by atoms with van der Waals surface area (Å²) in [6.45, 7) is 3.91. The number of aryl methyl sites for hydroxylation is 2. The van der Waals surface area contributed by atoms with Crippen LogP contribution in [0, 0.1) is 24.0 Å². The van der Waals surface area contributed by atoms with Gasteiger partial charge < -0.3 is 4.74 Å². The first-order chi connectivity index (χ1) is 8.47. The highest BCUT2D eigenvalue weighted by Crippen LogP contribution is 2.33. The summed E-state index contributed by atoms with van der Waals surface area (Å²) in [5.74, 6) is 0.623. The van der Waals surface area contributed by atoms with Gasteiger partial charge in [0.2, 0.25) is 0 Å². The molecule has 1 aromatic heterocycles. The van der Waals surface area contributed by atoms with E-state index in [-0.39, 0.29) is 10.2 Å². The second-order valence-corrected chi connectivity index (χ2v) is 5.46. The van der Waals surface area contributed by atoms with Crippen molar-refractivity contribution in [3.63, 3.8) is 0 Å². The van der Waals surface area contributed by atoms with Crippen molar-refractivity contribution in [3.8, 4) is 10.9 Å². The lowest BCUT2D eigenvalue weighted by Gasteiger charge is -2.07. The predicted molar refractivity (Wildman–Crippen MR) is 72.5 cm³/mol. The minimum atomic E-state index is -0.484. The smallest absolute Gasteiger partial charge is 0.347 e. The van der Waals surface area contributed by atoms with Crippen molar-refractivity contribution in [2.45, 2.75) is 13.8 Å². The molecule has 2 rings (SSSR count). The number of aromatic nitrogens is 1. The first-order valence-corrected chi connectivity index (χ1v) is 6.63. The van der Waals surface area contributed by atoms with E-state index >= 15 is 0 Å². The highest BCUT2D eigenvalue weighted by atomic mass is 79.9. The fourth-order valence-electron chi connectivity index (χ4n) is 1.45. The van der Waals surface area contributed by atoms with Gasteiger partial charge >= 0.3 is 5.00 Å². The molecule has 0 N–H and O–H groups in total. The van der Waals surface area contributed by atoms with Gasteiger partial charge in [0.1, 0.15) is 11.9 Å². The van der Waals surface area contributed by atoms with E-state index in [9.17, 15) is 10.1 Å². The zero-order chi connectivity index (χ0) is 13.3. The normalized spacial score (nSPS) is 10.4. The van der Waals surface area contributed by atoms with E-state index < -0.39 is 4.92 Å². The minimum Gasteiger partial charge on any atom is -0.431 e. The Kier molecular flexibility index (Phi) is 3.63. The fourth-order valence-corrected chi connectivity index (χ4v) is 2.28. The molecule has 0 saturated heterocycles. The molecule has 0 radical (unpaired) electrons. The third kappa shape index (κ3) is 2.68. The van der Waals surface area contributed by atoms with Gasteiger partial charge in [0, 0.05) is 4.47 Å². The van der Waals surface area contributed by atoms with Crippen molar-refractivity contribution in [2.75, 3.05) is 0 Å². The van der Waals surface area contributed by atoms with Crippen LogP contribution in [0.5, 0.6) is 10.9 Å². The van der Waals surface area contributed by atoms with Crippen LogP contribution in [0.25, 0.3) is 0 Å². The molecule has 0 amide bonds. The quantitative estimate of drug-likeness (QED) is 0.624. The van der Waals surface area contributed by atoms with Gasteiger partial charge in [-0.05, 0) is 48.4 Å². The van der Waals surface area contributed by atoms with Gasteiger partial charge in [-0.25, -0.2) is 4.98 Å². The number of thiazole rings is 1. The van der Waals surface area contributed by atoms with Crippen molar-refractivity contribution in [3.05, 3.63) is 44.0 Å². The summed E-state index contributed by atoms with van der Waals surface area (Å²) in [4.78, 5) is 13.9. The van der Waals surface area contributed by atoms with Gasteiger partial charge in [-0.2, -0.15) is 0 Å². The summed E-state index contributed by atoms with van der Waals surface area (Å²) in [6.07, 6.45) is 1.19. The third-order valence-electron chi connectivity index (χ3n) is 2.27. The van der Waals surface area contributed by atoms with Crippen molar-refractivity contribution in [2.24, 2.45) is 0 Å². The van der Waals surface area contributed by atoms with Crippen LogP contribution in [0.15, 0.2) is 22.8 Å². The fraction of sp³-hybridized carbons (Fsp3) is 0.182. The zero-order valence-corrected chi connectivity index (χ0v) is 12.0. The predicted octanol–water partition coefficient (Wildman–Crippen LogP) is 4.22. The van der Waals surface area contributed by atoms with E-state index in [2.05, 4.69) is 20.9 Å². The Morgan fingerprint density at radius 3 is 2.50 bits per heavy atom. The van der Waals surface area contributed by atoms with E-state index in [1.165, 1.54) is 6.20 Å². The number of benzene rings is 1. The highest BCUT2D eigenvalue weighted by molar-refractivity contribution is 9.10. The van der Waals surface area contributed by atoms with E-state index in [0.717, 1.165) is 26.9 Å². The largest absolute Gasteiger partial charge is 0.431 e. The number of halogens is 1. The molecule has 0 atom stereocenters. The molecular formula is C11H9BrN2O3S. The Balaban J connectivity index is 2.25. The van der Waals surface area contributed by atoms with Gasteiger partial charge in [0.15, 0.2) is 0 Å². The van der Waals surface area contributed by atoms with Crippen molar-refractivity contribution in [1.29, 1.82) is 0 Å². The standard InChI is InChI=1S/C11H9BrN2O3S/c1-6-3-8(4-7(2)10(6)12)17-11-13-5-9(18-11)14(15)16/h3-5H,1-2H3. The molecular weight excluding hydrogens is 320 g/mol. The molecule has 0 unspecified atom stereocenters. The first-order valence-electron chi connectivity index (χ1n) is 5.02. The second-order valence-electron chi connectivity index (χ2n) is 3.69. The molecule has 7 heteroatoms. The maximum atomic E-state index is 10.5. The molecule has 0 saturated carbocycles. The van der Waals surface area contributed by atoms with Crippen LogP contribution in [0.3, 0.4) is 0 Å². The molecule has 1 aromatic carbocycles. The third-order valence-corrected chi connectivity index (χ3v) is 4.35. The number of ether oxygens (including phenoxy) is 1. The lowest BCUT2D eigenvalue weighted by atomic mass is 10.1. The van der Waals surface area contributed by atoms with Gasteiger partial charge in [-0.15, -0.1) is 0 Å². The SMILES string of the molecule is Cc1cc(Oc2ncc([N+](=O)[O-])s2)cc(C)c1Br. The summed E-state index contributed by atoms with van der Waals surface area (Å²) in [5.41, 5.74) is 2.08. The summed E-state index contributed by atoms with van der Waals surface area (Å²) in [6, 6.07) is 3.70. The first kappa shape index (κ1) is 13.0. The van der Waals surface area contributed by atoms with Crippen molar-refractivity contribution < 1.29 is 9.66 Å². The number of nitrogens with zero attached hydrogens (tertiary/aromatic N) is 2. The maximum Gasteiger partial charge on any atom is 0.347 e. The average Bonchev–Trinajstić information content (AvgIpc) is 2.74.